The minimum absolute atomic E-state index is 0.0522. The zero-order valence-corrected chi connectivity index (χ0v) is 18.7. The first-order valence-electron chi connectivity index (χ1n) is 10.6. The lowest BCUT2D eigenvalue weighted by atomic mass is 9.58. The van der Waals surface area contributed by atoms with Gasteiger partial charge in [-0.05, 0) is 30.9 Å². The largest absolute Gasteiger partial charge is 0.349 e. The summed E-state index contributed by atoms with van der Waals surface area (Å²) in [5.74, 6) is -0.548. The molecule has 3 atom stereocenters. The molecule has 1 fully saturated rings. The Kier molecular flexibility index (Phi) is 4.60. The fraction of sp³-hybridized carbons (Fsp3) is 0.370. The van der Waals surface area contributed by atoms with Crippen LogP contribution in [-0.2, 0) is 0 Å². The average molecular weight is 410 g/mol. The van der Waals surface area contributed by atoms with Crippen molar-refractivity contribution in [1.82, 2.24) is 0 Å². The lowest BCUT2D eigenvalue weighted by Crippen LogP contribution is -2.53. The summed E-state index contributed by atoms with van der Waals surface area (Å²) < 4.78 is 0. The van der Waals surface area contributed by atoms with Crippen molar-refractivity contribution in [2.24, 2.45) is 16.7 Å². The normalized spacial score (nSPS) is 25.8. The fourth-order valence-corrected chi connectivity index (χ4v) is 5.56. The van der Waals surface area contributed by atoms with Gasteiger partial charge >= 0.3 is 0 Å². The molecule has 0 aromatic heterocycles. The van der Waals surface area contributed by atoms with E-state index >= 15 is 0 Å². The van der Waals surface area contributed by atoms with Crippen molar-refractivity contribution in [2.75, 3.05) is 4.90 Å². The van der Waals surface area contributed by atoms with Crippen molar-refractivity contribution in [3.8, 4) is 12.1 Å². The molecular formula is C27H27N3O. The molecule has 1 saturated heterocycles. The summed E-state index contributed by atoms with van der Waals surface area (Å²) >= 11 is 0. The summed E-state index contributed by atoms with van der Waals surface area (Å²) in [5, 5.41) is 20.9. The Labute approximate surface area is 184 Å². The quantitative estimate of drug-likeness (QED) is 0.610. The van der Waals surface area contributed by atoms with Gasteiger partial charge in [0.15, 0.2) is 11.2 Å². The van der Waals surface area contributed by atoms with Crippen LogP contribution in [-0.4, -0.2) is 17.4 Å². The van der Waals surface area contributed by atoms with E-state index in [9.17, 15) is 15.3 Å². The lowest BCUT2D eigenvalue weighted by Gasteiger charge is -2.44. The molecule has 4 heteroatoms. The van der Waals surface area contributed by atoms with Crippen LogP contribution in [0.4, 0.5) is 5.69 Å². The Hall–Kier alpha value is -3.37. The Morgan fingerprint density at radius 1 is 1.03 bits per heavy atom. The molecule has 31 heavy (non-hydrogen) atoms. The molecule has 0 saturated carbocycles. The van der Waals surface area contributed by atoms with E-state index in [4.69, 9.17) is 0 Å². The molecule has 4 nitrogen and oxygen atoms in total. The zero-order valence-electron chi connectivity index (χ0n) is 18.7. The van der Waals surface area contributed by atoms with Gasteiger partial charge in [-0.25, -0.2) is 0 Å². The van der Waals surface area contributed by atoms with Gasteiger partial charge in [0.05, 0.1) is 23.7 Å². The van der Waals surface area contributed by atoms with Crippen LogP contribution in [0.1, 0.15) is 49.2 Å². The number of hydrogen-bond acceptors (Lipinski definition) is 4. The SMILES string of the molecule is Cc1ccc(C(=O)[C@@H]2[C@@H](C(C)(C)C)C(C#N)(C#N)[C@@]3(C)C=Cc4ccccc4N23)cc1. The molecule has 156 valence electrons. The monoisotopic (exact) mass is 409 g/mol. The zero-order chi connectivity index (χ0) is 22.6. The molecule has 0 N–H and O–H groups in total. The van der Waals surface area contributed by atoms with Crippen LogP contribution in [0.25, 0.3) is 6.08 Å². The number of aryl methyl sites for hydroxylation is 1. The fourth-order valence-electron chi connectivity index (χ4n) is 5.56. The van der Waals surface area contributed by atoms with E-state index in [1.807, 2.05) is 100 Å². The molecule has 0 amide bonds. The molecule has 0 bridgehead atoms. The maximum Gasteiger partial charge on any atom is 0.185 e. The van der Waals surface area contributed by atoms with Gasteiger partial charge < -0.3 is 4.90 Å². The second-order valence-electron chi connectivity index (χ2n) is 9.96. The topological polar surface area (TPSA) is 67.9 Å². The number of Topliss-reactive ketones (excluding diaryl/α,β-unsaturated/α-hetero) is 1. The molecule has 0 radical (unpaired) electrons. The number of hydrogen-bond donors (Lipinski definition) is 0. The molecular weight excluding hydrogens is 382 g/mol. The summed E-state index contributed by atoms with van der Waals surface area (Å²) in [6, 6.07) is 19.6. The number of nitrogens with zero attached hydrogens (tertiary/aromatic N) is 3. The Morgan fingerprint density at radius 2 is 1.65 bits per heavy atom. The average Bonchev–Trinajstić information content (AvgIpc) is 2.99. The molecule has 4 rings (SSSR count). The number of carbonyl (C=O) groups excluding carboxylic acids is 1. The third kappa shape index (κ3) is 2.75. The molecule has 2 aromatic rings. The number of nitriles is 2. The van der Waals surface area contributed by atoms with E-state index in [2.05, 4.69) is 12.1 Å². The predicted octanol–water partition coefficient (Wildman–Crippen LogP) is 5.55. The van der Waals surface area contributed by atoms with Crippen LogP contribution in [0.5, 0.6) is 0 Å². The van der Waals surface area contributed by atoms with Gasteiger partial charge in [0, 0.05) is 17.2 Å². The number of benzene rings is 2. The second-order valence-corrected chi connectivity index (χ2v) is 9.96. The number of para-hydroxylation sites is 1. The van der Waals surface area contributed by atoms with Gasteiger partial charge in [0.25, 0.3) is 0 Å². The van der Waals surface area contributed by atoms with E-state index < -0.39 is 28.3 Å². The minimum atomic E-state index is -1.39. The van der Waals surface area contributed by atoms with Gasteiger partial charge in [-0.1, -0.05) is 81.0 Å². The number of carbonyl (C=O) groups is 1. The summed E-state index contributed by atoms with van der Waals surface area (Å²) in [5.41, 5.74) is 0.773. The van der Waals surface area contributed by atoms with Crippen LogP contribution in [0.3, 0.4) is 0 Å². The lowest BCUT2D eigenvalue weighted by molar-refractivity contribution is 0.0839. The van der Waals surface area contributed by atoms with Crippen LogP contribution >= 0.6 is 0 Å². The molecule has 2 heterocycles. The Morgan fingerprint density at radius 3 is 2.23 bits per heavy atom. The van der Waals surface area contributed by atoms with Crippen LogP contribution in [0, 0.1) is 46.3 Å². The van der Waals surface area contributed by atoms with Crippen molar-refractivity contribution in [3.63, 3.8) is 0 Å². The number of fused-ring (bicyclic) bond motifs is 3. The maximum atomic E-state index is 14.1. The summed E-state index contributed by atoms with van der Waals surface area (Å²) in [4.78, 5) is 16.1. The number of rotatable bonds is 2. The number of ketones is 1. The maximum absolute atomic E-state index is 14.1. The van der Waals surface area contributed by atoms with Gasteiger partial charge in [0.1, 0.15) is 0 Å². The van der Waals surface area contributed by atoms with E-state index in [0.29, 0.717) is 5.56 Å². The van der Waals surface area contributed by atoms with Crippen molar-refractivity contribution in [3.05, 3.63) is 71.3 Å². The highest BCUT2D eigenvalue weighted by molar-refractivity contribution is 6.04. The molecule has 0 aliphatic carbocycles. The van der Waals surface area contributed by atoms with Gasteiger partial charge in [-0.2, -0.15) is 10.5 Å². The van der Waals surface area contributed by atoms with E-state index in [1.54, 1.807) is 0 Å². The predicted molar refractivity (Wildman–Crippen MR) is 122 cm³/mol. The van der Waals surface area contributed by atoms with Crippen LogP contribution in [0.15, 0.2) is 54.6 Å². The van der Waals surface area contributed by atoms with Crippen molar-refractivity contribution in [1.29, 1.82) is 10.5 Å². The third-order valence-electron chi connectivity index (χ3n) is 7.03. The first-order chi connectivity index (χ1) is 14.6. The highest BCUT2D eigenvalue weighted by atomic mass is 16.1. The van der Waals surface area contributed by atoms with Crippen molar-refractivity contribution in [2.45, 2.75) is 46.2 Å². The third-order valence-corrected chi connectivity index (χ3v) is 7.03. The standard InChI is InChI=1S/C27H27N3O/c1-18-10-12-20(13-11-18)23(31)22-24(25(2,3)4)27(16-28,17-29)26(5)15-14-19-8-6-7-9-21(19)30(22)26/h6-15,22,24H,1-5H3/t22-,24+,26-/m1/s1. The van der Waals surface area contributed by atoms with E-state index in [1.165, 1.54) is 0 Å². The Balaban J connectivity index is 2.04. The van der Waals surface area contributed by atoms with Crippen LogP contribution in [0.2, 0.25) is 0 Å². The van der Waals surface area contributed by atoms with E-state index in [-0.39, 0.29) is 5.78 Å². The molecule has 2 aliphatic rings. The van der Waals surface area contributed by atoms with Crippen LogP contribution < -0.4 is 4.90 Å². The van der Waals surface area contributed by atoms with Crippen molar-refractivity contribution < 1.29 is 4.79 Å². The molecule has 0 unspecified atom stereocenters. The Bertz CT molecular complexity index is 1140. The summed E-state index contributed by atoms with van der Waals surface area (Å²) in [7, 11) is 0. The van der Waals surface area contributed by atoms with Gasteiger partial charge in [-0.3, -0.25) is 4.79 Å². The van der Waals surface area contributed by atoms with Gasteiger partial charge in [-0.15, -0.1) is 0 Å². The first kappa shape index (κ1) is 20.9. The highest BCUT2D eigenvalue weighted by Crippen LogP contribution is 2.61. The first-order valence-corrected chi connectivity index (χ1v) is 10.6. The van der Waals surface area contributed by atoms with Crippen molar-refractivity contribution >= 4 is 17.5 Å². The summed E-state index contributed by atoms with van der Waals surface area (Å²) in [6.07, 6.45) is 3.93. The molecule has 2 aromatic carbocycles. The number of anilines is 1. The highest BCUT2D eigenvalue weighted by Gasteiger charge is 2.71. The summed E-state index contributed by atoms with van der Waals surface area (Å²) in [6.45, 7) is 9.98. The molecule has 2 aliphatic heterocycles. The van der Waals surface area contributed by atoms with E-state index in [0.717, 1.165) is 16.8 Å². The smallest absolute Gasteiger partial charge is 0.185 e. The van der Waals surface area contributed by atoms with Gasteiger partial charge in [0.2, 0.25) is 0 Å². The minimum Gasteiger partial charge on any atom is -0.349 e. The second kappa shape index (κ2) is 6.82. The molecule has 0 spiro atoms.